The van der Waals surface area contributed by atoms with E-state index in [1.807, 2.05) is 30.3 Å². The second-order valence-electron chi connectivity index (χ2n) is 5.55. The van der Waals surface area contributed by atoms with Crippen molar-refractivity contribution in [3.8, 4) is 5.75 Å². The summed E-state index contributed by atoms with van der Waals surface area (Å²) in [5, 5.41) is 8.79. The van der Waals surface area contributed by atoms with Crippen LogP contribution < -0.4 is 4.74 Å². The summed E-state index contributed by atoms with van der Waals surface area (Å²) in [6, 6.07) is 9.81. The van der Waals surface area contributed by atoms with E-state index < -0.39 is 5.97 Å². The van der Waals surface area contributed by atoms with Gasteiger partial charge in [-0.15, -0.1) is 0 Å². The highest BCUT2D eigenvalue weighted by atomic mass is 16.5. The van der Waals surface area contributed by atoms with Crippen LogP contribution in [0.1, 0.15) is 30.1 Å². The largest absolute Gasteiger partial charge is 0.482 e. The van der Waals surface area contributed by atoms with Crippen LogP contribution in [-0.2, 0) is 11.3 Å². The number of carbonyl (C=O) groups is 1. The fraction of sp³-hybridized carbons (Fsp3) is 0.353. The summed E-state index contributed by atoms with van der Waals surface area (Å²) in [5.74, 6) is -0.344. The molecule has 0 bridgehead atoms. The van der Waals surface area contributed by atoms with Crippen molar-refractivity contribution in [3.63, 3.8) is 0 Å². The molecule has 0 spiro atoms. The van der Waals surface area contributed by atoms with E-state index >= 15 is 0 Å². The summed E-state index contributed by atoms with van der Waals surface area (Å²) in [7, 11) is 0. The molecule has 0 amide bonds. The predicted molar refractivity (Wildman–Crippen MR) is 84.0 cm³/mol. The molecule has 0 unspecified atom stereocenters. The Morgan fingerprint density at radius 1 is 1.35 bits per heavy atom. The molecule has 0 radical (unpaired) electrons. The van der Waals surface area contributed by atoms with Gasteiger partial charge in [-0.2, -0.15) is 0 Å². The van der Waals surface area contributed by atoms with E-state index in [0.29, 0.717) is 12.3 Å². The van der Waals surface area contributed by atoms with Crippen molar-refractivity contribution < 1.29 is 14.6 Å². The van der Waals surface area contributed by atoms with Crippen molar-refractivity contribution in [2.24, 2.45) is 0 Å². The first-order valence-electron chi connectivity index (χ1n) is 7.66. The predicted octanol–water partition coefficient (Wildman–Crippen LogP) is 2.28. The normalized spacial score (nSPS) is 18.0. The number of rotatable bonds is 6. The summed E-state index contributed by atoms with van der Waals surface area (Å²) >= 11 is 0. The standard InChI is InChI=1S/C17H19N3O3/c21-17(22)11-23-16-6-2-1-4-13(16)10-20-9-3-5-15(20)14-7-8-18-12-19-14/h1-2,4,6-8,12,15H,3,5,9-11H2,(H,21,22)/t15-/m0/s1. The van der Waals surface area contributed by atoms with Crippen LogP contribution in [0.25, 0.3) is 0 Å². The number of hydrogen-bond donors (Lipinski definition) is 1. The Morgan fingerprint density at radius 2 is 2.22 bits per heavy atom. The number of carboxylic acids is 1. The van der Waals surface area contributed by atoms with Gasteiger partial charge in [0.1, 0.15) is 12.1 Å². The number of nitrogens with zero attached hydrogens (tertiary/aromatic N) is 3. The fourth-order valence-electron chi connectivity index (χ4n) is 2.98. The van der Waals surface area contributed by atoms with E-state index in [1.165, 1.54) is 0 Å². The number of ether oxygens (including phenoxy) is 1. The molecule has 1 saturated heterocycles. The molecule has 6 heteroatoms. The topological polar surface area (TPSA) is 75.6 Å². The Morgan fingerprint density at radius 3 is 3.00 bits per heavy atom. The molecule has 2 aromatic rings. The van der Waals surface area contributed by atoms with Gasteiger partial charge < -0.3 is 9.84 Å². The lowest BCUT2D eigenvalue weighted by Crippen LogP contribution is -2.24. The molecule has 2 heterocycles. The van der Waals surface area contributed by atoms with Crippen LogP contribution in [0.2, 0.25) is 0 Å². The van der Waals surface area contributed by atoms with Crippen molar-refractivity contribution >= 4 is 5.97 Å². The van der Waals surface area contributed by atoms with Gasteiger partial charge in [-0.25, -0.2) is 14.8 Å². The molecule has 1 fully saturated rings. The van der Waals surface area contributed by atoms with E-state index in [4.69, 9.17) is 9.84 Å². The minimum absolute atomic E-state index is 0.269. The van der Waals surface area contributed by atoms with E-state index in [-0.39, 0.29) is 12.6 Å². The minimum Gasteiger partial charge on any atom is -0.482 e. The third-order valence-corrected chi connectivity index (χ3v) is 4.01. The Balaban J connectivity index is 1.75. The summed E-state index contributed by atoms with van der Waals surface area (Å²) in [5.41, 5.74) is 2.02. The second kappa shape index (κ2) is 7.19. The Labute approximate surface area is 134 Å². The lowest BCUT2D eigenvalue weighted by molar-refractivity contribution is -0.139. The molecule has 1 aromatic carbocycles. The molecule has 1 aromatic heterocycles. The van der Waals surface area contributed by atoms with Crippen molar-refractivity contribution in [1.29, 1.82) is 0 Å². The van der Waals surface area contributed by atoms with Crippen LogP contribution in [0.4, 0.5) is 0 Å². The summed E-state index contributed by atoms with van der Waals surface area (Å²) in [4.78, 5) is 21.4. The number of carboxylic acid groups (broad SMARTS) is 1. The van der Waals surface area contributed by atoms with Gasteiger partial charge in [0.25, 0.3) is 0 Å². The lowest BCUT2D eigenvalue weighted by atomic mass is 10.1. The highest BCUT2D eigenvalue weighted by Gasteiger charge is 2.27. The SMILES string of the molecule is O=C(O)COc1ccccc1CN1CCC[C@H]1c1ccncn1. The van der Waals surface area contributed by atoms with Crippen LogP contribution in [0.3, 0.4) is 0 Å². The molecular formula is C17H19N3O3. The van der Waals surface area contributed by atoms with Crippen molar-refractivity contribution in [3.05, 3.63) is 54.1 Å². The first-order chi connectivity index (χ1) is 11.2. The molecule has 6 nitrogen and oxygen atoms in total. The third kappa shape index (κ3) is 3.84. The van der Waals surface area contributed by atoms with E-state index in [9.17, 15) is 4.79 Å². The maximum absolute atomic E-state index is 10.7. The van der Waals surface area contributed by atoms with E-state index in [1.54, 1.807) is 12.5 Å². The summed E-state index contributed by atoms with van der Waals surface area (Å²) in [6.45, 7) is 1.37. The molecule has 23 heavy (non-hydrogen) atoms. The van der Waals surface area contributed by atoms with Gasteiger partial charge in [0.15, 0.2) is 6.61 Å². The first-order valence-corrected chi connectivity index (χ1v) is 7.66. The number of aromatic nitrogens is 2. The molecule has 3 rings (SSSR count). The number of aliphatic carboxylic acids is 1. The molecule has 1 aliphatic rings. The van der Waals surface area contributed by atoms with Crippen LogP contribution in [-0.4, -0.2) is 39.1 Å². The Bertz CT molecular complexity index is 663. The van der Waals surface area contributed by atoms with Gasteiger partial charge in [0.05, 0.1) is 11.7 Å². The van der Waals surface area contributed by atoms with Gasteiger partial charge in [-0.1, -0.05) is 18.2 Å². The number of hydrogen-bond acceptors (Lipinski definition) is 5. The number of likely N-dealkylation sites (tertiary alicyclic amines) is 1. The van der Waals surface area contributed by atoms with Crippen LogP contribution >= 0.6 is 0 Å². The van der Waals surface area contributed by atoms with Crippen molar-refractivity contribution in [2.45, 2.75) is 25.4 Å². The first kappa shape index (κ1) is 15.4. The molecule has 120 valence electrons. The van der Waals surface area contributed by atoms with Crippen molar-refractivity contribution in [2.75, 3.05) is 13.2 Å². The average Bonchev–Trinajstić information content (AvgIpc) is 3.03. The Hall–Kier alpha value is -2.47. The fourth-order valence-corrected chi connectivity index (χ4v) is 2.98. The van der Waals surface area contributed by atoms with Gasteiger partial charge >= 0.3 is 5.97 Å². The maximum Gasteiger partial charge on any atom is 0.341 e. The maximum atomic E-state index is 10.7. The number of para-hydroxylation sites is 1. The van der Waals surface area contributed by atoms with Gasteiger partial charge in [-0.05, 0) is 31.5 Å². The van der Waals surface area contributed by atoms with Gasteiger partial charge in [0, 0.05) is 18.3 Å². The summed E-state index contributed by atoms with van der Waals surface area (Å²) < 4.78 is 5.40. The Kier molecular flexibility index (Phi) is 4.83. The highest BCUT2D eigenvalue weighted by molar-refractivity contribution is 5.68. The van der Waals surface area contributed by atoms with E-state index in [2.05, 4.69) is 14.9 Å². The molecule has 1 aliphatic heterocycles. The minimum atomic E-state index is -0.972. The van der Waals surface area contributed by atoms with Crippen molar-refractivity contribution in [1.82, 2.24) is 14.9 Å². The smallest absolute Gasteiger partial charge is 0.341 e. The van der Waals surface area contributed by atoms with Gasteiger partial charge in [0.2, 0.25) is 0 Å². The van der Waals surface area contributed by atoms with Gasteiger partial charge in [-0.3, -0.25) is 4.90 Å². The van der Waals surface area contributed by atoms with Crippen LogP contribution in [0.15, 0.2) is 42.9 Å². The zero-order chi connectivity index (χ0) is 16.1. The molecule has 0 aliphatic carbocycles. The molecule has 1 atom stereocenters. The average molecular weight is 313 g/mol. The summed E-state index contributed by atoms with van der Waals surface area (Å²) in [6.07, 6.45) is 5.53. The van der Waals surface area contributed by atoms with Crippen LogP contribution in [0.5, 0.6) is 5.75 Å². The molecule has 1 N–H and O–H groups in total. The monoisotopic (exact) mass is 313 g/mol. The second-order valence-corrected chi connectivity index (χ2v) is 5.55. The van der Waals surface area contributed by atoms with E-state index in [0.717, 1.165) is 30.6 Å². The molecule has 0 saturated carbocycles. The number of benzene rings is 1. The quantitative estimate of drug-likeness (QED) is 0.882. The zero-order valence-corrected chi connectivity index (χ0v) is 12.8. The highest BCUT2D eigenvalue weighted by Crippen LogP contribution is 2.33. The lowest BCUT2D eigenvalue weighted by Gasteiger charge is -2.24. The zero-order valence-electron chi connectivity index (χ0n) is 12.8. The molecular weight excluding hydrogens is 294 g/mol. The third-order valence-electron chi connectivity index (χ3n) is 4.01. The van der Waals surface area contributed by atoms with Crippen LogP contribution in [0, 0.1) is 0 Å².